The summed E-state index contributed by atoms with van der Waals surface area (Å²) < 4.78 is 0. The molecule has 2 saturated heterocycles. The smallest absolute Gasteiger partial charge is 0.252 e. The molecule has 4 heterocycles. The van der Waals surface area contributed by atoms with Crippen molar-refractivity contribution >= 4 is 35.0 Å². The zero-order chi connectivity index (χ0) is 21.8. The lowest BCUT2D eigenvalue weighted by Gasteiger charge is -2.20. The van der Waals surface area contributed by atoms with E-state index in [4.69, 9.17) is 5.73 Å². The highest BCUT2D eigenvalue weighted by Crippen LogP contribution is 2.26. The van der Waals surface area contributed by atoms with Crippen LogP contribution in [0.4, 0.5) is 23.1 Å². The molecule has 9 nitrogen and oxygen atoms in total. The molecule has 1 unspecified atom stereocenters. The first kappa shape index (κ1) is 20.6. The summed E-state index contributed by atoms with van der Waals surface area (Å²) in [5.41, 5.74) is 6.60. The van der Waals surface area contributed by atoms with Crippen LogP contribution in [0.3, 0.4) is 0 Å². The van der Waals surface area contributed by atoms with E-state index in [1.54, 1.807) is 18.3 Å². The van der Waals surface area contributed by atoms with Crippen molar-refractivity contribution in [3.05, 3.63) is 48.7 Å². The van der Waals surface area contributed by atoms with Crippen LogP contribution in [-0.4, -0.2) is 54.0 Å². The van der Waals surface area contributed by atoms with Crippen LogP contribution < -0.4 is 26.2 Å². The Morgan fingerprint density at radius 3 is 2.55 bits per heavy atom. The number of nitrogens with two attached hydrogens (primary N) is 1. The lowest BCUT2D eigenvalue weighted by molar-refractivity contribution is -0.117. The first-order valence-electron chi connectivity index (χ1n) is 10.5. The average molecular weight is 422 g/mol. The van der Waals surface area contributed by atoms with Gasteiger partial charge in [-0.05, 0) is 49.6 Å². The fourth-order valence-electron chi connectivity index (χ4n) is 4.00. The number of pyridine rings is 2. The van der Waals surface area contributed by atoms with E-state index >= 15 is 0 Å². The molecular weight excluding hydrogens is 394 g/mol. The molecular formula is C22H27N7O2. The second-order valence-electron chi connectivity index (χ2n) is 7.80. The van der Waals surface area contributed by atoms with E-state index in [1.165, 1.54) is 18.9 Å². The molecule has 0 aromatic carbocycles. The van der Waals surface area contributed by atoms with Gasteiger partial charge < -0.3 is 26.2 Å². The Hall–Kier alpha value is -3.62. The van der Waals surface area contributed by atoms with Gasteiger partial charge in [0.05, 0.1) is 17.4 Å². The predicted molar refractivity (Wildman–Crippen MR) is 121 cm³/mol. The van der Waals surface area contributed by atoms with Crippen molar-refractivity contribution in [1.82, 2.24) is 15.3 Å². The SMILES string of the molecule is C=CC(=O)NC1CCN(c2ccc(C(N)=O)c(Nc3ccc(N4CCCC4)nc3)n2)C1. The van der Waals surface area contributed by atoms with Crippen molar-refractivity contribution in [2.45, 2.75) is 25.3 Å². The molecule has 0 spiro atoms. The summed E-state index contributed by atoms with van der Waals surface area (Å²) in [6, 6.07) is 7.37. The lowest BCUT2D eigenvalue weighted by Crippen LogP contribution is -2.36. The van der Waals surface area contributed by atoms with Gasteiger partial charge in [-0.1, -0.05) is 6.58 Å². The Morgan fingerprint density at radius 1 is 1.10 bits per heavy atom. The Morgan fingerprint density at radius 2 is 1.87 bits per heavy atom. The quantitative estimate of drug-likeness (QED) is 0.584. The number of primary amides is 1. The summed E-state index contributed by atoms with van der Waals surface area (Å²) >= 11 is 0. The van der Waals surface area contributed by atoms with Crippen molar-refractivity contribution in [2.75, 3.05) is 41.3 Å². The highest BCUT2D eigenvalue weighted by atomic mass is 16.1. The van der Waals surface area contributed by atoms with Crippen LogP contribution in [0.5, 0.6) is 0 Å². The third-order valence-corrected chi connectivity index (χ3v) is 5.63. The van der Waals surface area contributed by atoms with Gasteiger partial charge in [-0.3, -0.25) is 9.59 Å². The van der Waals surface area contributed by atoms with Crippen LogP contribution >= 0.6 is 0 Å². The van der Waals surface area contributed by atoms with Crippen molar-refractivity contribution in [1.29, 1.82) is 0 Å². The molecule has 162 valence electrons. The third-order valence-electron chi connectivity index (χ3n) is 5.63. The van der Waals surface area contributed by atoms with Gasteiger partial charge in [0.15, 0.2) is 0 Å². The highest BCUT2D eigenvalue weighted by Gasteiger charge is 2.25. The molecule has 2 aliphatic heterocycles. The second-order valence-corrected chi connectivity index (χ2v) is 7.80. The molecule has 2 aromatic rings. The number of carbonyl (C=O) groups is 2. The van der Waals surface area contributed by atoms with Gasteiger partial charge in [-0.2, -0.15) is 0 Å². The maximum atomic E-state index is 11.9. The first-order valence-corrected chi connectivity index (χ1v) is 10.5. The topological polar surface area (TPSA) is 116 Å². The normalized spacial score (nSPS) is 18.1. The van der Waals surface area contributed by atoms with Crippen molar-refractivity contribution in [3.63, 3.8) is 0 Å². The van der Waals surface area contributed by atoms with Crippen LogP contribution in [0, 0.1) is 0 Å². The third kappa shape index (κ3) is 4.76. The molecule has 0 saturated carbocycles. The molecule has 4 rings (SSSR count). The number of hydrogen-bond acceptors (Lipinski definition) is 7. The van der Waals surface area contributed by atoms with Gasteiger partial charge in [-0.25, -0.2) is 9.97 Å². The van der Waals surface area contributed by atoms with Crippen LogP contribution in [-0.2, 0) is 4.79 Å². The summed E-state index contributed by atoms with van der Waals surface area (Å²) in [5.74, 6) is 1.31. The standard InChI is InChI=1S/C22H27N7O2/c1-2-20(30)25-16-9-12-29(14-16)19-8-6-17(21(23)31)22(27-19)26-15-5-7-18(24-13-15)28-10-3-4-11-28/h2,5-8,13,16H,1,3-4,9-12,14H2,(H2,23,31)(H,25,30)(H,26,27). The number of nitrogens with one attached hydrogen (secondary N) is 2. The Balaban J connectivity index is 1.50. The minimum atomic E-state index is -0.555. The molecule has 2 aromatic heterocycles. The van der Waals surface area contributed by atoms with E-state index in [0.717, 1.165) is 37.6 Å². The highest BCUT2D eigenvalue weighted by molar-refractivity contribution is 5.98. The fourth-order valence-corrected chi connectivity index (χ4v) is 4.00. The van der Waals surface area contributed by atoms with Gasteiger partial charge in [0.1, 0.15) is 17.5 Å². The molecule has 4 N–H and O–H groups in total. The van der Waals surface area contributed by atoms with E-state index in [-0.39, 0.29) is 11.9 Å². The molecule has 31 heavy (non-hydrogen) atoms. The average Bonchev–Trinajstić information content (AvgIpc) is 3.46. The molecule has 0 bridgehead atoms. The van der Waals surface area contributed by atoms with Crippen LogP contribution in [0.15, 0.2) is 43.1 Å². The number of aromatic nitrogens is 2. The van der Waals surface area contributed by atoms with Crippen molar-refractivity contribution in [2.24, 2.45) is 5.73 Å². The monoisotopic (exact) mass is 421 g/mol. The number of amides is 2. The minimum Gasteiger partial charge on any atom is -0.365 e. The van der Waals surface area contributed by atoms with Gasteiger partial charge >= 0.3 is 0 Å². The molecule has 2 aliphatic rings. The zero-order valence-electron chi connectivity index (χ0n) is 17.4. The Kier molecular flexibility index (Phi) is 6.01. The molecule has 1 atom stereocenters. The molecule has 2 fully saturated rings. The number of anilines is 4. The van der Waals surface area contributed by atoms with Crippen LogP contribution in [0.1, 0.15) is 29.6 Å². The molecule has 0 radical (unpaired) electrons. The summed E-state index contributed by atoms with van der Waals surface area (Å²) in [7, 11) is 0. The van der Waals surface area contributed by atoms with Crippen molar-refractivity contribution < 1.29 is 9.59 Å². The van der Waals surface area contributed by atoms with Gasteiger partial charge in [0.2, 0.25) is 5.91 Å². The summed E-state index contributed by atoms with van der Waals surface area (Å²) in [6.45, 7) is 6.92. The molecule has 0 aliphatic carbocycles. The zero-order valence-corrected chi connectivity index (χ0v) is 17.4. The van der Waals surface area contributed by atoms with Crippen LogP contribution in [0.25, 0.3) is 0 Å². The number of carbonyl (C=O) groups excluding carboxylic acids is 2. The number of nitrogens with zero attached hydrogens (tertiary/aromatic N) is 4. The fraction of sp³-hybridized carbons (Fsp3) is 0.364. The Labute approximate surface area is 181 Å². The summed E-state index contributed by atoms with van der Waals surface area (Å²) in [4.78, 5) is 37.0. The molecule has 2 amide bonds. The minimum absolute atomic E-state index is 0.0295. The Bertz CT molecular complexity index is 970. The second kappa shape index (κ2) is 9.03. The van der Waals surface area contributed by atoms with Gasteiger partial charge in [0.25, 0.3) is 5.91 Å². The number of rotatable bonds is 7. The van der Waals surface area contributed by atoms with E-state index in [2.05, 4.69) is 37.0 Å². The lowest BCUT2D eigenvalue weighted by atomic mass is 10.2. The van der Waals surface area contributed by atoms with E-state index in [0.29, 0.717) is 23.7 Å². The predicted octanol–water partition coefficient (Wildman–Crippen LogP) is 1.80. The number of hydrogen-bond donors (Lipinski definition) is 3. The maximum absolute atomic E-state index is 11.9. The molecule has 9 heteroatoms. The maximum Gasteiger partial charge on any atom is 0.252 e. The van der Waals surface area contributed by atoms with E-state index in [1.807, 2.05) is 12.1 Å². The van der Waals surface area contributed by atoms with Gasteiger partial charge in [0, 0.05) is 32.2 Å². The first-order chi connectivity index (χ1) is 15.0. The van der Waals surface area contributed by atoms with Gasteiger partial charge in [-0.15, -0.1) is 0 Å². The van der Waals surface area contributed by atoms with E-state index < -0.39 is 5.91 Å². The largest absolute Gasteiger partial charge is 0.365 e. The summed E-state index contributed by atoms with van der Waals surface area (Å²) in [5, 5.41) is 6.10. The van der Waals surface area contributed by atoms with Crippen LogP contribution in [0.2, 0.25) is 0 Å². The summed E-state index contributed by atoms with van der Waals surface area (Å²) in [6.07, 6.45) is 6.20. The van der Waals surface area contributed by atoms with Crippen molar-refractivity contribution in [3.8, 4) is 0 Å². The van der Waals surface area contributed by atoms with E-state index in [9.17, 15) is 9.59 Å².